The molecule has 0 spiro atoms. The summed E-state index contributed by atoms with van der Waals surface area (Å²) in [5.41, 5.74) is -4.57. The number of carbonyl (C=O) groups is 1. The van der Waals surface area contributed by atoms with E-state index in [4.69, 9.17) is 28.0 Å². The van der Waals surface area contributed by atoms with Gasteiger partial charge in [-0.05, 0) is 36.1 Å². The van der Waals surface area contributed by atoms with Crippen LogP contribution < -0.4 is 5.32 Å². The number of nitrogens with zero attached hydrogens (tertiary/aromatic N) is 2. The highest BCUT2D eigenvalue weighted by atomic mass is 35.5. The van der Waals surface area contributed by atoms with Crippen LogP contribution in [0.2, 0.25) is 10.0 Å². The van der Waals surface area contributed by atoms with Crippen LogP contribution in [0, 0.1) is 5.82 Å². The first-order valence-corrected chi connectivity index (χ1v) is 11.5. The third kappa shape index (κ3) is 4.20. The van der Waals surface area contributed by atoms with Crippen molar-refractivity contribution >= 4 is 34.9 Å². The number of likely N-dealkylation sites (tertiary alicyclic amines) is 1. The molecule has 2 aliphatic heterocycles. The fourth-order valence-electron chi connectivity index (χ4n) is 4.19. The Kier molecular flexibility index (Phi) is 5.67. The molecule has 12 heteroatoms. The topological polar surface area (TPSA) is 53.9 Å². The molecule has 0 unspecified atom stereocenters. The molecule has 186 valence electrons. The van der Waals surface area contributed by atoms with Gasteiger partial charge in [0, 0.05) is 18.0 Å². The molecule has 0 aromatic heterocycles. The van der Waals surface area contributed by atoms with Gasteiger partial charge in [-0.2, -0.15) is 13.2 Å². The highest BCUT2D eigenvalue weighted by Crippen LogP contribution is 2.50. The predicted octanol–water partition coefficient (Wildman–Crippen LogP) is 6.07. The molecule has 2 aromatic rings. The average molecular weight is 534 g/mol. The normalized spacial score (nSPS) is 23.4. The maximum atomic E-state index is 15.2. The molecule has 5 rings (SSSR count). The van der Waals surface area contributed by atoms with E-state index in [1.54, 1.807) is 0 Å². The summed E-state index contributed by atoms with van der Waals surface area (Å²) in [6.07, 6.45) is -3.80. The molecule has 1 aliphatic carbocycles. The van der Waals surface area contributed by atoms with Gasteiger partial charge in [0.15, 0.2) is 11.5 Å². The van der Waals surface area contributed by atoms with Gasteiger partial charge in [0.2, 0.25) is 0 Å². The number of hydrogen-bond donors (Lipinski definition) is 1. The number of hydrogen-bond acceptors (Lipinski definition) is 3. The Balaban J connectivity index is 1.33. The lowest BCUT2D eigenvalue weighted by Crippen LogP contribution is -2.61. The second kappa shape index (κ2) is 8.23. The summed E-state index contributed by atoms with van der Waals surface area (Å²) in [6, 6.07) is 7.28. The van der Waals surface area contributed by atoms with Crippen LogP contribution in [0.4, 0.5) is 26.7 Å². The van der Waals surface area contributed by atoms with Gasteiger partial charge in [0.1, 0.15) is 0 Å². The molecule has 3 aliphatic rings. The van der Waals surface area contributed by atoms with Crippen molar-refractivity contribution in [3.05, 3.63) is 69.0 Å². The second-order valence-corrected chi connectivity index (χ2v) is 9.82. The molecule has 1 saturated heterocycles. The molecule has 35 heavy (non-hydrogen) atoms. The molecular formula is C23H18Cl2F5N3O2. The zero-order chi connectivity index (χ0) is 25.2. The molecule has 1 atom stereocenters. The van der Waals surface area contributed by atoms with Crippen LogP contribution in [0.1, 0.15) is 36.0 Å². The summed E-state index contributed by atoms with van der Waals surface area (Å²) >= 11 is 11.4. The monoisotopic (exact) mass is 533 g/mol. The SMILES string of the molecule is O=C(NC1CC1)N1CC(F)(c2ccc(C3=NO[C@@](c4cc(Cl)c(F)c(Cl)c4)(C(F)(F)F)C3)cc2)C1. The van der Waals surface area contributed by atoms with Crippen molar-refractivity contribution in [1.82, 2.24) is 10.2 Å². The average Bonchev–Trinajstić information content (AvgIpc) is 3.47. The summed E-state index contributed by atoms with van der Waals surface area (Å²) in [4.78, 5) is 18.3. The van der Waals surface area contributed by atoms with E-state index in [2.05, 4.69) is 10.5 Å². The molecule has 2 heterocycles. The predicted molar refractivity (Wildman–Crippen MR) is 119 cm³/mol. The summed E-state index contributed by atoms with van der Waals surface area (Å²) in [5.74, 6) is -1.04. The number of rotatable bonds is 4. The molecule has 0 bridgehead atoms. The maximum absolute atomic E-state index is 15.2. The van der Waals surface area contributed by atoms with Crippen LogP contribution in [0.5, 0.6) is 0 Å². The van der Waals surface area contributed by atoms with Crippen LogP contribution >= 0.6 is 23.2 Å². The van der Waals surface area contributed by atoms with Gasteiger partial charge in [-0.15, -0.1) is 0 Å². The Morgan fingerprint density at radius 1 is 1.09 bits per heavy atom. The smallest absolute Gasteiger partial charge is 0.374 e. The van der Waals surface area contributed by atoms with Crippen LogP contribution in [-0.4, -0.2) is 42.0 Å². The Labute approximate surface area is 206 Å². The van der Waals surface area contributed by atoms with Crippen LogP contribution in [-0.2, 0) is 16.1 Å². The molecule has 5 nitrogen and oxygen atoms in total. The number of urea groups is 1. The quantitative estimate of drug-likeness (QED) is 0.383. The minimum absolute atomic E-state index is 0.0302. The molecule has 0 radical (unpaired) electrons. The lowest BCUT2D eigenvalue weighted by Gasteiger charge is -2.44. The molecule has 2 aromatic carbocycles. The minimum atomic E-state index is -4.93. The van der Waals surface area contributed by atoms with Gasteiger partial charge >= 0.3 is 12.2 Å². The minimum Gasteiger partial charge on any atom is -0.374 e. The van der Waals surface area contributed by atoms with Gasteiger partial charge in [-0.25, -0.2) is 13.6 Å². The Morgan fingerprint density at radius 3 is 2.23 bits per heavy atom. The fourth-order valence-corrected chi connectivity index (χ4v) is 4.67. The number of carbonyl (C=O) groups excluding carboxylic acids is 1. The van der Waals surface area contributed by atoms with Crippen LogP contribution in [0.15, 0.2) is 41.6 Å². The molecule has 1 saturated carbocycles. The van der Waals surface area contributed by atoms with Gasteiger partial charge in [-0.3, -0.25) is 0 Å². The van der Waals surface area contributed by atoms with Crippen LogP contribution in [0.25, 0.3) is 0 Å². The molecule has 1 N–H and O–H groups in total. The van der Waals surface area contributed by atoms with Crippen molar-refractivity contribution in [2.24, 2.45) is 5.16 Å². The Morgan fingerprint density at radius 2 is 1.69 bits per heavy atom. The number of halogens is 7. The first-order chi connectivity index (χ1) is 16.4. The van der Waals surface area contributed by atoms with E-state index in [1.807, 2.05) is 0 Å². The van der Waals surface area contributed by atoms with Gasteiger partial charge in [-0.1, -0.05) is 52.6 Å². The number of oxime groups is 1. The number of amides is 2. The lowest BCUT2D eigenvalue weighted by atomic mass is 9.85. The standard InChI is InChI=1S/C23H18Cl2F5N3O2/c24-16-7-14(8-17(25)19(16)26)22(23(28,29)30)9-18(32-35-22)12-1-3-13(4-2-12)21(27)10-33(11-21)20(34)31-15-5-6-15/h1-4,7-8,15H,5-6,9-11H2,(H,31,34)/t22-/m0/s1. The van der Waals surface area contributed by atoms with E-state index in [9.17, 15) is 22.4 Å². The zero-order valence-electron chi connectivity index (χ0n) is 17.9. The zero-order valence-corrected chi connectivity index (χ0v) is 19.4. The van der Waals surface area contributed by atoms with Crippen molar-refractivity contribution in [3.63, 3.8) is 0 Å². The summed E-state index contributed by atoms with van der Waals surface area (Å²) < 4.78 is 71.5. The van der Waals surface area contributed by atoms with Crippen molar-refractivity contribution in [1.29, 1.82) is 0 Å². The second-order valence-electron chi connectivity index (χ2n) is 9.01. The van der Waals surface area contributed by atoms with Gasteiger partial charge < -0.3 is 15.1 Å². The first-order valence-electron chi connectivity index (χ1n) is 10.7. The van der Waals surface area contributed by atoms with Gasteiger partial charge in [0.25, 0.3) is 5.60 Å². The maximum Gasteiger partial charge on any atom is 0.435 e. The van der Waals surface area contributed by atoms with E-state index in [1.165, 1.54) is 29.2 Å². The fraction of sp³-hybridized carbons (Fsp3) is 0.391. The summed E-state index contributed by atoms with van der Waals surface area (Å²) in [5, 5.41) is 5.28. The van der Waals surface area contributed by atoms with E-state index in [0.717, 1.165) is 25.0 Å². The Bertz CT molecular complexity index is 1190. The van der Waals surface area contributed by atoms with Crippen molar-refractivity contribution < 1.29 is 31.6 Å². The number of alkyl halides is 4. The molecule has 2 fully saturated rings. The molecule has 2 amide bonds. The summed E-state index contributed by atoms with van der Waals surface area (Å²) in [6.45, 7) is -0.226. The third-order valence-corrected chi connectivity index (χ3v) is 7.00. The Hall–Kier alpha value is -2.59. The van der Waals surface area contributed by atoms with E-state index < -0.39 is 45.3 Å². The first kappa shape index (κ1) is 24.1. The van der Waals surface area contributed by atoms with Crippen molar-refractivity contribution in [2.45, 2.75) is 42.8 Å². The van der Waals surface area contributed by atoms with Crippen LogP contribution in [0.3, 0.4) is 0 Å². The van der Waals surface area contributed by atoms with Gasteiger partial charge in [0.05, 0.1) is 28.8 Å². The van der Waals surface area contributed by atoms with E-state index in [0.29, 0.717) is 11.1 Å². The highest BCUT2D eigenvalue weighted by molar-refractivity contribution is 6.35. The van der Waals surface area contributed by atoms with Crippen molar-refractivity contribution in [2.75, 3.05) is 13.1 Å². The number of benzene rings is 2. The third-order valence-electron chi connectivity index (χ3n) is 6.45. The van der Waals surface area contributed by atoms with E-state index in [-0.39, 0.29) is 30.9 Å². The molecular weight excluding hydrogens is 516 g/mol. The van der Waals surface area contributed by atoms with E-state index >= 15 is 4.39 Å². The number of nitrogens with one attached hydrogen (secondary N) is 1. The highest BCUT2D eigenvalue weighted by Gasteiger charge is 2.62. The largest absolute Gasteiger partial charge is 0.435 e. The lowest BCUT2D eigenvalue weighted by molar-refractivity contribution is -0.275. The summed E-state index contributed by atoms with van der Waals surface area (Å²) in [7, 11) is 0. The van der Waals surface area contributed by atoms with Crippen molar-refractivity contribution in [3.8, 4) is 0 Å².